The van der Waals surface area contributed by atoms with Gasteiger partial charge in [-0.1, -0.05) is 20.3 Å². The molecule has 0 radical (unpaired) electrons. The topological polar surface area (TPSA) is 30.5 Å². The lowest BCUT2D eigenvalue weighted by Gasteiger charge is -2.21. The van der Waals surface area contributed by atoms with Crippen LogP contribution in [0.1, 0.15) is 47.0 Å². The summed E-state index contributed by atoms with van der Waals surface area (Å²) >= 11 is 0. The highest BCUT2D eigenvalue weighted by atomic mass is 16.5. The molecule has 0 amide bonds. The fraction of sp³-hybridized carbons (Fsp3) is 1.00. The molecule has 0 saturated heterocycles. The van der Waals surface area contributed by atoms with Gasteiger partial charge in [0, 0.05) is 12.6 Å². The molecule has 3 heteroatoms. The number of nitrogens with one attached hydrogen (secondary N) is 1. The molecule has 2 unspecified atom stereocenters. The Labute approximate surface area is 101 Å². The molecule has 98 valence electrons. The highest BCUT2D eigenvalue weighted by Gasteiger charge is 2.10. The SMILES string of the molecule is CCCCOCCOC(C)C(C)NCCC. The summed E-state index contributed by atoms with van der Waals surface area (Å²) < 4.78 is 11.1. The first-order valence-electron chi connectivity index (χ1n) is 6.65. The fourth-order valence-electron chi connectivity index (χ4n) is 1.32. The molecule has 0 spiro atoms. The second kappa shape index (κ2) is 11.4. The summed E-state index contributed by atoms with van der Waals surface area (Å²) in [4.78, 5) is 0. The number of unbranched alkanes of at least 4 members (excludes halogenated alkanes) is 1. The summed E-state index contributed by atoms with van der Waals surface area (Å²) in [5.41, 5.74) is 0. The zero-order valence-electron chi connectivity index (χ0n) is 11.4. The zero-order chi connectivity index (χ0) is 12.2. The van der Waals surface area contributed by atoms with Crippen molar-refractivity contribution >= 4 is 0 Å². The molecule has 0 aliphatic carbocycles. The van der Waals surface area contributed by atoms with E-state index in [2.05, 4.69) is 33.0 Å². The van der Waals surface area contributed by atoms with Crippen LogP contribution in [-0.4, -0.2) is 38.5 Å². The molecule has 0 aromatic rings. The molecule has 0 aromatic heterocycles. The predicted molar refractivity (Wildman–Crippen MR) is 68.9 cm³/mol. The summed E-state index contributed by atoms with van der Waals surface area (Å²) in [6.07, 6.45) is 3.75. The van der Waals surface area contributed by atoms with Crippen molar-refractivity contribution < 1.29 is 9.47 Å². The first kappa shape index (κ1) is 15.9. The Morgan fingerprint density at radius 2 is 1.75 bits per heavy atom. The van der Waals surface area contributed by atoms with Gasteiger partial charge in [-0.2, -0.15) is 0 Å². The Hall–Kier alpha value is -0.120. The van der Waals surface area contributed by atoms with Crippen molar-refractivity contribution in [3.05, 3.63) is 0 Å². The lowest BCUT2D eigenvalue weighted by atomic mass is 10.2. The van der Waals surface area contributed by atoms with Crippen LogP contribution in [0.5, 0.6) is 0 Å². The summed E-state index contributed by atoms with van der Waals surface area (Å²) in [5.74, 6) is 0. The van der Waals surface area contributed by atoms with E-state index in [1.807, 2.05) is 0 Å². The number of ether oxygens (including phenoxy) is 2. The van der Waals surface area contributed by atoms with E-state index in [0.717, 1.165) is 26.0 Å². The third kappa shape index (κ3) is 9.13. The minimum absolute atomic E-state index is 0.251. The number of hydrogen-bond donors (Lipinski definition) is 1. The van der Waals surface area contributed by atoms with Crippen molar-refractivity contribution in [2.75, 3.05) is 26.4 Å². The monoisotopic (exact) mass is 231 g/mol. The lowest BCUT2D eigenvalue weighted by molar-refractivity contribution is -0.000855. The molecule has 0 heterocycles. The minimum atomic E-state index is 0.251. The van der Waals surface area contributed by atoms with Crippen molar-refractivity contribution in [2.24, 2.45) is 0 Å². The van der Waals surface area contributed by atoms with Gasteiger partial charge in [-0.25, -0.2) is 0 Å². The van der Waals surface area contributed by atoms with E-state index < -0.39 is 0 Å². The van der Waals surface area contributed by atoms with Crippen LogP contribution in [-0.2, 0) is 9.47 Å². The summed E-state index contributed by atoms with van der Waals surface area (Å²) in [7, 11) is 0. The summed E-state index contributed by atoms with van der Waals surface area (Å²) in [5, 5.41) is 3.43. The molecule has 0 bridgehead atoms. The molecule has 0 aromatic carbocycles. The maximum absolute atomic E-state index is 5.69. The van der Waals surface area contributed by atoms with E-state index in [9.17, 15) is 0 Å². The molecule has 0 aliphatic heterocycles. The zero-order valence-corrected chi connectivity index (χ0v) is 11.4. The lowest BCUT2D eigenvalue weighted by Crippen LogP contribution is -2.38. The largest absolute Gasteiger partial charge is 0.379 e. The van der Waals surface area contributed by atoms with Crippen molar-refractivity contribution in [2.45, 2.75) is 59.1 Å². The highest BCUT2D eigenvalue weighted by molar-refractivity contribution is 4.67. The molecular formula is C13H29NO2. The highest BCUT2D eigenvalue weighted by Crippen LogP contribution is 1.98. The molecule has 0 rings (SSSR count). The van der Waals surface area contributed by atoms with Crippen molar-refractivity contribution in [3.8, 4) is 0 Å². The Bertz CT molecular complexity index is 142. The van der Waals surface area contributed by atoms with Gasteiger partial charge in [0.2, 0.25) is 0 Å². The summed E-state index contributed by atoms with van der Waals surface area (Å²) in [6.45, 7) is 11.9. The van der Waals surface area contributed by atoms with Crippen molar-refractivity contribution in [3.63, 3.8) is 0 Å². The predicted octanol–water partition coefficient (Wildman–Crippen LogP) is 2.60. The van der Waals surface area contributed by atoms with Gasteiger partial charge in [0.1, 0.15) is 0 Å². The van der Waals surface area contributed by atoms with E-state index in [-0.39, 0.29) is 6.10 Å². The average molecular weight is 231 g/mol. The van der Waals surface area contributed by atoms with Gasteiger partial charge in [-0.15, -0.1) is 0 Å². The normalized spacial score (nSPS) is 15.0. The van der Waals surface area contributed by atoms with E-state index in [1.165, 1.54) is 6.42 Å². The van der Waals surface area contributed by atoms with Crippen LogP contribution in [0.4, 0.5) is 0 Å². The molecule has 3 nitrogen and oxygen atoms in total. The van der Waals surface area contributed by atoms with Crippen molar-refractivity contribution in [1.29, 1.82) is 0 Å². The smallest absolute Gasteiger partial charge is 0.0704 e. The first-order chi connectivity index (χ1) is 7.72. The molecule has 0 aliphatic rings. The van der Waals surface area contributed by atoms with E-state index >= 15 is 0 Å². The van der Waals surface area contributed by atoms with E-state index in [1.54, 1.807) is 0 Å². The maximum atomic E-state index is 5.69. The second-order valence-electron chi connectivity index (χ2n) is 4.28. The third-order valence-electron chi connectivity index (χ3n) is 2.67. The minimum Gasteiger partial charge on any atom is -0.379 e. The molecule has 16 heavy (non-hydrogen) atoms. The van der Waals surface area contributed by atoms with Crippen LogP contribution in [0.3, 0.4) is 0 Å². The average Bonchev–Trinajstić information content (AvgIpc) is 2.30. The van der Waals surface area contributed by atoms with Gasteiger partial charge in [0.25, 0.3) is 0 Å². The van der Waals surface area contributed by atoms with Crippen LogP contribution in [0.2, 0.25) is 0 Å². The van der Waals surface area contributed by atoms with Gasteiger partial charge >= 0.3 is 0 Å². The summed E-state index contributed by atoms with van der Waals surface area (Å²) in [6, 6.07) is 0.413. The third-order valence-corrected chi connectivity index (χ3v) is 2.67. The molecule has 0 saturated carbocycles. The molecule has 2 atom stereocenters. The van der Waals surface area contributed by atoms with E-state index in [4.69, 9.17) is 9.47 Å². The standard InChI is InChI=1S/C13H29NO2/c1-5-7-9-15-10-11-16-13(4)12(3)14-8-6-2/h12-14H,5-11H2,1-4H3. The fourth-order valence-corrected chi connectivity index (χ4v) is 1.32. The Morgan fingerprint density at radius 1 is 1.00 bits per heavy atom. The van der Waals surface area contributed by atoms with Crippen LogP contribution < -0.4 is 5.32 Å². The van der Waals surface area contributed by atoms with Gasteiger partial charge in [-0.3, -0.25) is 0 Å². The van der Waals surface area contributed by atoms with Crippen LogP contribution >= 0.6 is 0 Å². The van der Waals surface area contributed by atoms with Crippen molar-refractivity contribution in [1.82, 2.24) is 5.32 Å². The Balaban J connectivity index is 3.31. The molecule has 1 N–H and O–H groups in total. The number of hydrogen-bond acceptors (Lipinski definition) is 3. The van der Waals surface area contributed by atoms with Crippen LogP contribution in [0, 0.1) is 0 Å². The maximum Gasteiger partial charge on any atom is 0.0704 e. The van der Waals surface area contributed by atoms with E-state index in [0.29, 0.717) is 19.3 Å². The van der Waals surface area contributed by atoms with Crippen LogP contribution in [0.25, 0.3) is 0 Å². The van der Waals surface area contributed by atoms with Crippen LogP contribution in [0.15, 0.2) is 0 Å². The first-order valence-corrected chi connectivity index (χ1v) is 6.65. The number of rotatable bonds is 11. The molecular weight excluding hydrogens is 202 g/mol. The van der Waals surface area contributed by atoms with Gasteiger partial charge in [0.05, 0.1) is 19.3 Å². The Kier molecular flexibility index (Phi) is 11.3. The van der Waals surface area contributed by atoms with Gasteiger partial charge in [-0.05, 0) is 33.2 Å². The quantitative estimate of drug-likeness (QED) is 0.554. The Morgan fingerprint density at radius 3 is 2.38 bits per heavy atom. The molecule has 0 fully saturated rings. The van der Waals surface area contributed by atoms with Gasteiger partial charge < -0.3 is 14.8 Å². The van der Waals surface area contributed by atoms with Gasteiger partial charge in [0.15, 0.2) is 0 Å². The second-order valence-corrected chi connectivity index (χ2v) is 4.28.